The van der Waals surface area contributed by atoms with Crippen LogP contribution in [0.15, 0.2) is 44.3 Å². The van der Waals surface area contributed by atoms with E-state index < -0.39 is 0 Å². The fourth-order valence-electron chi connectivity index (χ4n) is 2.98. The molecule has 2 aromatic rings. The Labute approximate surface area is 124 Å². The summed E-state index contributed by atoms with van der Waals surface area (Å²) in [6.45, 7) is 2.16. The Morgan fingerprint density at radius 2 is 2.15 bits per heavy atom. The molecule has 0 spiro atoms. The van der Waals surface area contributed by atoms with Gasteiger partial charge < -0.3 is 0 Å². The average Bonchev–Trinajstić information content (AvgIpc) is 3.06. The molecule has 0 saturated carbocycles. The Morgan fingerprint density at radius 1 is 1.20 bits per heavy atom. The van der Waals surface area contributed by atoms with Gasteiger partial charge in [-0.25, -0.2) is 0 Å². The molecule has 4 rings (SSSR count). The van der Waals surface area contributed by atoms with Crippen LogP contribution in [-0.4, -0.2) is 14.6 Å². The minimum atomic E-state index is 0.0320. The number of rotatable bonds is 2. The van der Waals surface area contributed by atoms with Gasteiger partial charge in [0.05, 0.1) is 0 Å². The van der Waals surface area contributed by atoms with E-state index in [-0.39, 0.29) is 14.6 Å². The molecule has 1 aliphatic carbocycles. The summed E-state index contributed by atoms with van der Waals surface area (Å²) in [4.78, 5) is 0. The van der Waals surface area contributed by atoms with Crippen LogP contribution in [0.25, 0.3) is 0 Å². The molecule has 1 atom stereocenters. The maximum atomic E-state index is 4.55. The molecule has 0 bridgehead atoms. The zero-order valence-electron chi connectivity index (χ0n) is 11.3. The summed E-state index contributed by atoms with van der Waals surface area (Å²) in [7, 11) is 0. The van der Waals surface area contributed by atoms with E-state index in [4.69, 9.17) is 0 Å². The van der Waals surface area contributed by atoms with Crippen LogP contribution in [0.3, 0.4) is 0 Å². The Morgan fingerprint density at radius 3 is 3.10 bits per heavy atom. The van der Waals surface area contributed by atoms with Crippen molar-refractivity contribution < 1.29 is 0 Å². The topological polar surface area (TPSA) is 36.8 Å². The molecule has 0 aromatic heterocycles. The van der Waals surface area contributed by atoms with Gasteiger partial charge in [-0.1, -0.05) is 0 Å². The second-order valence-electron chi connectivity index (χ2n) is 5.38. The predicted molar refractivity (Wildman–Crippen MR) is 82.2 cm³/mol. The van der Waals surface area contributed by atoms with E-state index in [2.05, 4.69) is 50.5 Å². The zero-order valence-corrected chi connectivity index (χ0v) is 13.0. The zero-order chi connectivity index (χ0) is 13.5. The number of nitrogens with zero attached hydrogens (tertiary/aromatic N) is 2. The van der Waals surface area contributed by atoms with Gasteiger partial charge in [-0.05, 0) is 0 Å². The van der Waals surface area contributed by atoms with Crippen molar-refractivity contribution >= 4 is 31.6 Å². The number of hydrogen-bond acceptors (Lipinski definition) is 3. The van der Waals surface area contributed by atoms with Crippen LogP contribution in [0, 0.1) is 6.92 Å². The molecule has 1 heterocycles. The third kappa shape index (κ3) is 1.96. The van der Waals surface area contributed by atoms with Crippen molar-refractivity contribution in [1.82, 2.24) is 0 Å². The summed E-state index contributed by atoms with van der Waals surface area (Å²) in [5.74, 6) is 0. The molecule has 2 aromatic carbocycles. The summed E-state index contributed by atoms with van der Waals surface area (Å²) in [6.07, 6.45) is 2.32. The normalized spacial score (nSPS) is 18.6. The van der Waals surface area contributed by atoms with E-state index in [9.17, 15) is 0 Å². The molecule has 0 radical (unpaired) electrons. The molecule has 0 amide bonds. The summed E-state index contributed by atoms with van der Waals surface area (Å²) in [5.41, 5.74) is 7.48. The first kappa shape index (κ1) is 12.1. The third-order valence-corrected chi connectivity index (χ3v) is 5.13. The van der Waals surface area contributed by atoms with Crippen molar-refractivity contribution in [1.29, 1.82) is 0 Å². The average molecular weight is 328 g/mol. The van der Waals surface area contributed by atoms with Crippen LogP contribution in [0.2, 0.25) is 0 Å². The van der Waals surface area contributed by atoms with Crippen molar-refractivity contribution in [2.24, 2.45) is 7.92 Å². The van der Waals surface area contributed by atoms with E-state index in [0.29, 0.717) is 6.04 Å². The van der Waals surface area contributed by atoms with Gasteiger partial charge in [0.25, 0.3) is 0 Å². The number of anilines is 1. The Balaban J connectivity index is 1.68. The van der Waals surface area contributed by atoms with Crippen molar-refractivity contribution in [3.05, 3.63) is 53.1 Å². The molecule has 4 heteroatoms. The molecule has 3 nitrogen and oxygen atoms in total. The van der Waals surface area contributed by atoms with E-state index in [1.807, 2.05) is 6.07 Å². The summed E-state index contributed by atoms with van der Waals surface area (Å²) < 4.78 is 9.00. The maximum absolute atomic E-state index is 4.55. The van der Waals surface area contributed by atoms with Gasteiger partial charge in [0, 0.05) is 0 Å². The Hall–Kier alpha value is -1.64. The summed E-state index contributed by atoms with van der Waals surface area (Å²) in [5, 5.41) is 3.68. The Bertz CT molecular complexity index is 760. The van der Waals surface area contributed by atoms with Crippen molar-refractivity contribution in [2.45, 2.75) is 25.8 Å². The summed E-state index contributed by atoms with van der Waals surface area (Å²) >= 11 is 0.0320. The second-order valence-corrected chi connectivity index (χ2v) is 6.48. The van der Waals surface area contributed by atoms with E-state index >= 15 is 0 Å². The van der Waals surface area contributed by atoms with Crippen LogP contribution < -0.4 is 5.32 Å². The molecule has 0 saturated heterocycles. The van der Waals surface area contributed by atoms with Gasteiger partial charge in [-0.2, -0.15) is 0 Å². The van der Waals surface area contributed by atoms with E-state index in [1.54, 1.807) is 0 Å². The van der Waals surface area contributed by atoms with Crippen LogP contribution in [0.5, 0.6) is 0 Å². The monoisotopic (exact) mass is 329 g/mol. The summed E-state index contributed by atoms with van der Waals surface area (Å²) in [6, 6.07) is 13.4. The van der Waals surface area contributed by atoms with Gasteiger partial charge >= 0.3 is 124 Å². The first-order valence-corrected chi connectivity index (χ1v) is 8.42. The number of benzene rings is 2. The van der Waals surface area contributed by atoms with E-state index in [1.165, 1.54) is 16.7 Å². The van der Waals surface area contributed by atoms with Gasteiger partial charge in [-0.3, -0.25) is 0 Å². The first-order valence-electron chi connectivity index (χ1n) is 6.88. The quantitative estimate of drug-likeness (QED) is 0.694. The minimum absolute atomic E-state index is 0.0320. The molecule has 1 unspecified atom stereocenters. The van der Waals surface area contributed by atoms with Crippen molar-refractivity contribution in [3.8, 4) is 0 Å². The SMILES string of the molecule is Cc1ccc2c(c1)C(Nc1cccc3c1N=[Se]=N3)CC2. The van der Waals surface area contributed by atoms with Gasteiger partial charge in [0.15, 0.2) is 0 Å². The van der Waals surface area contributed by atoms with Crippen LogP contribution in [-0.2, 0) is 6.42 Å². The molecule has 2 aliphatic rings. The van der Waals surface area contributed by atoms with Crippen LogP contribution >= 0.6 is 0 Å². The standard InChI is InChI=1S/C16H15N3Se/c1-10-5-6-11-7-8-13(12(11)9-10)17-14-3-2-4-15-16(14)19-20-18-15/h2-6,9,13,17H,7-8H2,1H3. The molecule has 100 valence electrons. The van der Waals surface area contributed by atoms with Gasteiger partial charge in [-0.15, -0.1) is 0 Å². The fraction of sp³-hybridized carbons (Fsp3) is 0.250. The number of hydrogen-bond donors (Lipinski definition) is 1. The van der Waals surface area contributed by atoms with Gasteiger partial charge in [0.2, 0.25) is 0 Å². The van der Waals surface area contributed by atoms with Crippen molar-refractivity contribution in [3.63, 3.8) is 0 Å². The molecule has 20 heavy (non-hydrogen) atoms. The van der Waals surface area contributed by atoms with Gasteiger partial charge in [0.1, 0.15) is 0 Å². The molecule has 0 fully saturated rings. The van der Waals surface area contributed by atoms with Crippen LogP contribution in [0.1, 0.15) is 29.2 Å². The molecule has 1 aliphatic heterocycles. The molecule has 1 N–H and O–H groups in total. The number of nitrogens with one attached hydrogen (secondary N) is 1. The first-order chi connectivity index (χ1) is 9.81. The van der Waals surface area contributed by atoms with E-state index in [0.717, 1.165) is 29.9 Å². The number of fused-ring (bicyclic) bond motifs is 2. The second kappa shape index (κ2) is 4.72. The molecular formula is C16H15N3Se. The van der Waals surface area contributed by atoms with Crippen molar-refractivity contribution in [2.75, 3.05) is 5.32 Å². The van der Waals surface area contributed by atoms with Crippen LogP contribution in [0.4, 0.5) is 17.1 Å². The predicted octanol–water partition coefficient (Wildman–Crippen LogP) is 4.44. The number of aryl methyl sites for hydroxylation is 2. The fourth-order valence-corrected chi connectivity index (χ4v) is 4.14. The Kier molecular flexibility index (Phi) is 2.86. The third-order valence-electron chi connectivity index (χ3n) is 3.99. The molecular weight excluding hydrogens is 313 g/mol.